The average molecular weight is 292 g/mol. The number of carboxylic acids is 1. The molecule has 6 heteroatoms. The van der Waals surface area contributed by atoms with Crippen LogP contribution in [0.1, 0.15) is 23.0 Å². The van der Waals surface area contributed by atoms with Gasteiger partial charge in [-0.3, -0.25) is 9.78 Å². The predicted octanol–water partition coefficient (Wildman–Crippen LogP) is 1.76. The number of amides is 1. The molecular formula is C14H16N2O3S. The van der Waals surface area contributed by atoms with Gasteiger partial charge in [0.2, 0.25) is 0 Å². The second-order valence-corrected chi connectivity index (χ2v) is 6.09. The molecule has 2 rings (SSSR count). The first-order valence-electron chi connectivity index (χ1n) is 6.35. The summed E-state index contributed by atoms with van der Waals surface area (Å²) < 4.78 is 0. The molecule has 1 atom stereocenters. The molecule has 0 aliphatic carbocycles. The fourth-order valence-corrected chi connectivity index (χ4v) is 3.06. The maximum absolute atomic E-state index is 12.5. The van der Waals surface area contributed by atoms with Gasteiger partial charge in [-0.1, -0.05) is 13.0 Å². The number of pyridine rings is 1. The number of hydrogen-bond acceptors (Lipinski definition) is 4. The molecule has 0 radical (unpaired) electrons. The van der Waals surface area contributed by atoms with E-state index in [1.165, 1.54) is 6.08 Å². The Bertz CT molecular complexity index is 545. The molecule has 0 aromatic carbocycles. The van der Waals surface area contributed by atoms with Crippen LogP contribution in [0.4, 0.5) is 0 Å². The minimum Gasteiger partial charge on any atom is -0.478 e. The molecule has 1 aromatic rings. The van der Waals surface area contributed by atoms with E-state index in [1.807, 2.05) is 11.8 Å². The molecule has 2 heterocycles. The zero-order chi connectivity index (χ0) is 14.5. The molecule has 20 heavy (non-hydrogen) atoms. The Hall–Kier alpha value is -1.82. The third-order valence-corrected chi connectivity index (χ3v) is 4.11. The molecule has 1 saturated heterocycles. The highest BCUT2D eigenvalue weighted by atomic mass is 32.2. The zero-order valence-corrected chi connectivity index (χ0v) is 12.0. The van der Waals surface area contributed by atoms with Crippen LogP contribution >= 0.6 is 11.8 Å². The molecule has 1 aromatic heterocycles. The Kier molecular flexibility index (Phi) is 4.79. The minimum atomic E-state index is -1.05. The summed E-state index contributed by atoms with van der Waals surface area (Å²) in [6, 6.07) is 3.38. The van der Waals surface area contributed by atoms with E-state index in [2.05, 4.69) is 11.9 Å². The van der Waals surface area contributed by atoms with Crippen LogP contribution in [0.25, 0.3) is 6.08 Å². The van der Waals surface area contributed by atoms with Gasteiger partial charge in [0.25, 0.3) is 5.91 Å². The van der Waals surface area contributed by atoms with Crippen LogP contribution in [-0.4, -0.2) is 51.0 Å². The highest BCUT2D eigenvalue weighted by Crippen LogP contribution is 2.20. The van der Waals surface area contributed by atoms with Crippen molar-refractivity contribution in [2.24, 2.45) is 0 Å². The van der Waals surface area contributed by atoms with Crippen molar-refractivity contribution >= 4 is 29.7 Å². The maximum atomic E-state index is 12.5. The number of nitrogens with zero attached hydrogens (tertiary/aromatic N) is 2. The number of thioether (sulfide) groups is 1. The first-order chi connectivity index (χ1) is 9.58. The number of carboxylic acid groups (broad SMARTS) is 1. The molecular weight excluding hydrogens is 276 g/mol. The van der Waals surface area contributed by atoms with E-state index in [-0.39, 0.29) is 5.91 Å². The van der Waals surface area contributed by atoms with Crippen LogP contribution in [0.5, 0.6) is 0 Å². The normalized spacial score (nSPS) is 19.2. The van der Waals surface area contributed by atoms with Gasteiger partial charge < -0.3 is 10.0 Å². The van der Waals surface area contributed by atoms with Crippen LogP contribution in [0, 0.1) is 0 Å². The van der Waals surface area contributed by atoms with Crippen LogP contribution in [0.15, 0.2) is 24.4 Å². The van der Waals surface area contributed by atoms with E-state index >= 15 is 0 Å². The molecule has 1 fully saturated rings. The summed E-state index contributed by atoms with van der Waals surface area (Å²) in [5, 5.41) is 9.09. The summed E-state index contributed by atoms with van der Waals surface area (Å²) >= 11 is 1.85. The largest absolute Gasteiger partial charge is 0.478 e. The van der Waals surface area contributed by atoms with Crippen molar-refractivity contribution in [3.8, 4) is 0 Å². The average Bonchev–Trinajstić information content (AvgIpc) is 2.44. The maximum Gasteiger partial charge on any atom is 0.328 e. The Balaban J connectivity index is 2.23. The van der Waals surface area contributed by atoms with Crippen LogP contribution in [-0.2, 0) is 4.79 Å². The first kappa shape index (κ1) is 14.6. The van der Waals surface area contributed by atoms with Crippen molar-refractivity contribution < 1.29 is 14.7 Å². The van der Waals surface area contributed by atoms with E-state index in [4.69, 9.17) is 5.11 Å². The van der Waals surface area contributed by atoms with Crippen molar-refractivity contribution in [2.75, 3.05) is 18.8 Å². The second kappa shape index (κ2) is 6.56. The van der Waals surface area contributed by atoms with E-state index < -0.39 is 5.97 Å². The fraction of sp³-hybridized carbons (Fsp3) is 0.357. The van der Waals surface area contributed by atoms with Gasteiger partial charge in [-0.15, -0.1) is 0 Å². The summed E-state index contributed by atoms with van der Waals surface area (Å²) in [5.74, 6) is -0.266. The molecule has 0 spiro atoms. The molecule has 1 unspecified atom stereocenters. The van der Waals surface area contributed by atoms with Gasteiger partial charge in [0.15, 0.2) is 0 Å². The smallest absolute Gasteiger partial charge is 0.328 e. The lowest BCUT2D eigenvalue weighted by Gasteiger charge is -2.30. The molecule has 106 valence electrons. The van der Waals surface area contributed by atoms with E-state index in [0.29, 0.717) is 29.6 Å². The molecule has 1 aliphatic rings. The summed E-state index contributed by atoms with van der Waals surface area (Å²) in [7, 11) is 0. The van der Waals surface area contributed by atoms with Gasteiger partial charge in [-0.25, -0.2) is 4.79 Å². The van der Waals surface area contributed by atoms with Crippen molar-refractivity contribution in [1.82, 2.24) is 9.88 Å². The molecule has 1 aliphatic heterocycles. The van der Waals surface area contributed by atoms with Crippen molar-refractivity contribution in [2.45, 2.75) is 12.2 Å². The quantitative estimate of drug-likeness (QED) is 0.860. The lowest BCUT2D eigenvalue weighted by Crippen LogP contribution is -2.41. The van der Waals surface area contributed by atoms with Gasteiger partial charge in [0.05, 0.1) is 0 Å². The molecule has 0 saturated carbocycles. The second-order valence-electron chi connectivity index (χ2n) is 4.55. The fourth-order valence-electron chi connectivity index (χ4n) is 2.04. The number of carbonyl (C=O) groups excluding carboxylic acids is 1. The summed E-state index contributed by atoms with van der Waals surface area (Å²) in [6.45, 7) is 3.49. The standard InChI is InChI=1S/C14H16N2O3S/c1-10-9-16(7-8-20-10)14(19)13-11(3-2-6-15-13)4-5-12(17)18/h2-6,10H,7-9H2,1H3,(H,17,18)/b5-4+. The Morgan fingerprint density at radius 1 is 1.55 bits per heavy atom. The van der Waals surface area contributed by atoms with Gasteiger partial charge >= 0.3 is 5.97 Å². The number of aromatic nitrogens is 1. The SMILES string of the molecule is CC1CN(C(=O)c2ncccc2/C=C/C(=O)O)CCS1. The first-order valence-corrected chi connectivity index (χ1v) is 7.39. The van der Waals surface area contributed by atoms with Crippen LogP contribution in [0.2, 0.25) is 0 Å². The van der Waals surface area contributed by atoms with Crippen LogP contribution in [0.3, 0.4) is 0 Å². The Morgan fingerprint density at radius 3 is 3.05 bits per heavy atom. The van der Waals surface area contributed by atoms with Crippen molar-refractivity contribution in [3.05, 3.63) is 35.7 Å². The molecule has 5 nitrogen and oxygen atoms in total. The lowest BCUT2D eigenvalue weighted by atomic mass is 10.1. The van der Waals surface area contributed by atoms with Crippen LogP contribution < -0.4 is 0 Å². The number of rotatable bonds is 3. The van der Waals surface area contributed by atoms with E-state index in [1.54, 1.807) is 23.2 Å². The Morgan fingerprint density at radius 2 is 2.35 bits per heavy atom. The Labute approximate surface area is 121 Å². The highest BCUT2D eigenvalue weighted by Gasteiger charge is 2.24. The lowest BCUT2D eigenvalue weighted by molar-refractivity contribution is -0.131. The summed E-state index contributed by atoms with van der Waals surface area (Å²) in [5.41, 5.74) is 0.842. The third kappa shape index (κ3) is 3.60. The van der Waals surface area contributed by atoms with Gasteiger partial charge in [-0.05, 0) is 12.1 Å². The van der Waals surface area contributed by atoms with Gasteiger partial charge in [0.1, 0.15) is 5.69 Å². The summed E-state index contributed by atoms with van der Waals surface area (Å²) in [4.78, 5) is 29.0. The monoisotopic (exact) mass is 292 g/mol. The molecule has 1 amide bonds. The van der Waals surface area contributed by atoms with Crippen molar-refractivity contribution in [1.29, 1.82) is 0 Å². The van der Waals surface area contributed by atoms with Gasteiger partial charge in [-0.2, -0.15) is 11.8 Å². The topological polar surface area (TPSA) is 70.5 Å². The van der Waals surface area contributed by atoms with E-state index in [0.717, 1.165) is 11.8 Å². The molecule has 0 bridgehead atoms. The zero-order valence-electron chi connectivity index (χ0n) is 11.2. The predicted molar refractivity (Wildman–Crippen MR) is 78.7 cm³/mol. The minimum absolute atomic E-state index is 0.136. The van der Waals surface area contributed by atoms with Crippen molar-refractivity contribution in [3.63, 3.8) is 0 Å². The van der Waals surface area contributed by atoms with Gasteiger partial charge in [0, 0.05) is 41.9 Å². The highest BCUT2D eigenvalue weighted by molar-refractivity contribution is 7.99. The number of carbonyl (C=O) groups is 2. The number of aliphatic carboxylic acids is 1. The molecule has 1 N–H and O–H groups in total. The summed E-state index contributed by atoms with van der Waals surface area (Å²) in [6.07, 6.45) is 3.97. The number of hydrogen-bond donors (Lipinski definition) is 1. The third-order valence-electron chi connectivity index (χ3n) is 2.98. The van der Waals surface area contributed by atoms with E-state index in [9.17, 15) is 9.59 Å².